The lowest BCUT2D eigenvalue weighted by Gasteiger charge is -2.34. The molecule has 5 aromatic rings. The van der Waals surface area contributed by atoms with Crippen molar-refractivity contribution in [2.24, 2.45) is 5.41 Å². The third kappa shape index (κ3) is 8.46. The first kappa shape index (κ1) is 37.4. The van der Waals surface area contributed by atoms with Crippen LogP contribution in [0.5, 0.6) is 11.5 Å². The quantitative estimate of drug-likeness (QED) is 0.140. The van der Waals surface area contributed by atoms with Gasteiger partial charge in [-0.3, -0.25) is 9.59 Å². The average Bonchev–Trinajstić information content (AvgIpc) is 3.86. The number of rotatable bonds is 11. The molecule has 0 aliphatic carbocycles. The number of aliphatic hydroxyl groups is 1. The van der Waals surface area contributed by atoms with Gasteiger partial charge in [0.05, 0.1) is 33.9 Å². The molecular formula is C40H45BrN6O4S. The zero-order valence-electron chi connectivity index (χ0n) is 30.3. The number of nitrogens with zero attached hydrogens (tertiary/aromatic N) is 5. The van der Waals surface area contributed by atoms with Gasteiger partial charge in [-0.15, -0.1) is 16.4 Å². The highest BCUT2D eigenvalue weighted by Gasteiger charge is 2.45. The normalized spacial score (nSPS) is 17.2. The summed E-state index contributed by atoms with van der Waals surface area (Å²) in [5.41, 5.74) is 7.21. The second-order valence-corrected chi connectivity index (χ2v) is 16.3. The molecule has 3 aromatic carbocycles. The lowest BCUT2D eigenvalue weighted by molar-refractivity contribution is -0.144. The van der Waals surface area contributed by atoms with E-state index >= 15 is 0 Å². The first-order valence-electron chi connectivity index (χ1n) is 17.5. The molecule has 3 heterocycles. The van der Waals surface area contributed by atoms with Gasteiger partial charge >= 0.3 is 0 Å². The molecule has 0 bridgehead atoms. The summed E-state index contributed by atoms with van der Waals surface area (Å²) in [7, 11) is 0. The van der Waals surface area contributed by atoms with E-state index in [9.17, 15) is 14.7 Å². The van der Waals surface area contributed by atoms with Gasteiger partial charge in [-0.2, -0.15) is 0 Å². The number of aromatic nitrogens is 4. The molecule has 272 valence electrons. The van der Waals surface area contributed by atoms with E-state index in [0.717, 1.165) is 60.9 Å². The monoisotopic (exact) mass is 784 g/mol. The standard InChI is InChI=1S/C40H45BrN6O4S/c1-24-33(41)8-7-9-35(24)51-32-18-11-27(12-19-32)10-17-30-21-47(45-44-30)37(40(4,5)6)39(50)46-22-31(48)20-34(46)38(49)43-25(2)28-13-15-29(16-14-28)36-26(3)42-23-52-36/h7-9,11-16,18-19,21,23,25,31,34,37,48H,10,17,20,22H2,1-6H3,(H,43,49)/t25-,31+,34-,37?/m0/s1. The van der Waals surface area contributed by atoms with E-state index in [-0.39, 0.29) is 30.8 Å². The number of hydrogen-bond donors (Lipinski definition) is 2. The van der Waals surface area contributed by atoms with Crippen molar-refractivity contribution in [3.63, 3.8) is 0 Å². The third-order valence-electron chi connectivity index (χ3n) is 9.56. The summed E-state index contributed by atoms with van der Waals surface area (Å²) in [6, 6.07) is 20.1. The van der Waals surface area contributed by atoms with Crippen LogP contribution in [0.25, 0.3) is 10.4 Å². The molecule has 2 aromatic heterocycles. The van der Waals surface area contributed by atoms with Gasteiger partial charge in [0.15, 0.2) is 0 Å². The summed E-state index contributed by atoms with van der Waals surface area (Å²) in [6.07, 6.45) is 2.54. The number of carbonyl (C=O) groups excluding carboxylic acids is 2. The molecule has 1 saturated heterocycles. The molecular weight excluding hydrogens is 740 g/mol. The number of aliphatic hydroxyl groups excluding tert-OH is 1. The van der Waals surface area contributed by atoms with Gasteiger partial charge in [0.1, 0.15) is 23.6 Å². The van der Waals surface area contributed by atoms with Gasteiger partial charge < -0.3 is 20.1 Å². The Morgan fingerprint density at radius 3 is 2.46 bits per heavy atom. The van der Waals surface area contributed by atoms with Crippen molar-refractivity contribution >= 4 is 39.1 Å². The molecule has 12 heteroatoms. The Morgan fingerprint density at radius 1 is 1.06 bits per heavy atom. The van der Waals surface area contributed by atoms with E-state index in [0.29, 0.717) is 6.42 Å². The Bertz CT molecular complexity index is 2020. The number of β-amino-alcohol motifs (C(OH)–C–C–N with tert-alkyl or cyclic N) is 1. The Kier molecular flexibility index (Phi) is 11.3. The molecule has 1 fully saturated rings. The van der Waals surface area contributed by atoms with Gasteiger partial charge in [-0.1, -0.05) is 84.4 Å². The molecule has 1 aliphatic rings. The van der Waals surface area contributed by atoms with Crippen LogP contribution < -0.4 is 10.1 Å². The van der Waals surface area contributed by atoms with Gasteiger partial charge in [0.2, 0.25) is 11.8 Å². The highest BCUT2D eigenvalue weighted by Crippen LogP contribution is 2.35. The summed E-state index contributed by atoms with van der Waals surface area (Å²) < 4.78 is 8.70. The number of carbonyl (C=O) groups is 2. The molecule has 1 unspecified atom stereocenters. The SMILES string of the molecule is Cc1ncsc1-c1ccc([C@H](C)NC(=O)[C@@H]2C[C@@H](O)CN2C(=O)C(n2cc(CCc3ccc(Oc4cccc(Br)c4C)cc3)nn2)C(C)(C)C)cc1. The molecule has 0 radical (unpaired) electrons. The fourth-order valence-electron chi connectivity index (χ4n) is 6.61. The molecule has 0 spiro atoms. The van der Waals surface area contributed by atoms with Crippen LogP contribution in [0.4, 0.5) is 0 Å². The Labute approximate surface area is 317 Å². The van der Waals surface area contributed by atoms with E-state index in [1.807, 2.05) is 120 Å². The van der Waals surface area contributed by atoms with Crippen LogP contribution in [0.15, 0.2) is 82.9 Å². The number of likely N-dealkylation sites (tertiary alicyclic amines) is 1. The molecule has 52 heavy (non-hydrogen) atoms. The fourth-order valence-corrected chi connectivity index (χ4v) is 7.77. The first-order chi connectivity index (χ1) is 24.8. The smallest absolute Gasteiger partial charge is 0.248 e. The number of benzene rings is 3. The van der Waals surface area contributed by atoms with Gasteiger partial charge in [-0.25, -0.2) is 9.67 Å². The highest BCUT2D eigenvalue weighted by atomic mass is 79.9. The third-order valence-corrected chi connectivity index (χ3v) is 11.4. The van der Waals surface area contributed by atoms with Crippen LogP contribution in [0.2, 0.25) is 0 Å². The first-order valence-corrected chi connectivity index (χ1v) is 19.2. The van der Waals surface area contributed by atoms with Crippen molar-refractivity contribution in [1.82, 2.24) is 30.2 Å². The molecule has 10 nitrogen and oxygen atoms in total. The predicted octanol–water partition coefficient (Wildman–Crippen LogP) is 7.78. The maximum Gasteiger partial charge on any atom is 0.248 e. The molecule has 2 N–H and O–H groups in total. The number of thiazole rings is 1. The summed E-state index contributed by atoms with van der Waals surface area (Å²) in [5, 5.41) is 22.6. The van der Waals surface area contributed by atoms with Crippen molar-refractivity contribution in [3.05, 3.63) is 111 Å². The highest BCUT2D eigenvalue weighted by molar-refractivity contribution is 9.10. The van der Waals surface area contributed by atoms with Crippen LogP contribution in [-0.2, 0) is 22.4 Å². The summed E-state index contributed by atoms with van der Waals surface area (Å²) in [5.74, 6) is 0.993. The number of hydrogen-bond acceptors (Lipinski definition) is 8. The minimum Gasteiger partial charge on any atom is -0.457 e. The molecule has 1 aliphatic heterocycles. The van der Waals surface area contributed by atoms with Crippen molar-refractivity contribution in [1.29, 1.82) is 0 Å². The largest absolute Gasteiger partial charge is 0.457 e. The summed E-state index contributed by atoms with van der Waals surface area (Å²) >= 11 is 5.15. The van der Waals surface area contributed by atoms with Gasteiger partial charge in [-0.05, 0) is 80.0 Å². The lowest BCUT2D eigenvalue weighted by Crippen LogP contribution is -2.50. The van der Waals surface area contributed by atoms with E-state index in [1.165, 1.54) is 4.90 Å². The number of nitrogens with one attached hydrogen (secondary N) is 1. The minimum atomic E-state index is -0.809. The van der Waals surface area contributed by atoms with Crippen LogP contribution in [0, 0.1) is 19.3 Å². The number of halogens is 1. The Balaban J connectivity index is 1.10. The van der Waals surface area contributed by atoms with Crippen molar-refractivity contribution in [3.8, 4) is 21.9 Å². The molecule has 4 atom stereocenters. The fraction of sp³-hybridized carbons (Fsp3) is 0.375. The average molecular weight is 786 g/mol. The van der Waals surface area contributed by atoms with Crippen molar-refractivity contribution in [2.45, 2.75) is 85.0 Å². The second-order valence-electron chi connectivity index (χ2n) is 14.6. The summed E-state index contributed by atoms with van der Waals surface area (Å²) in [4.78, 5) is 35.0. The number of ether oxygens (including phenoxy) is 1. The van der Waals surface area contributed by atoms with Gasteiger partial charge in [0.25, 0.3) is 0 Å². The van der Waals surface area contributed by atoms with E-state index < -0.39 is 23.6 Å². The zero-order chi connectivity index (χ0) is 37.2. The Morgan fingerprint density at radius 2 is 1.79 bits per heavy atom. The van der Waals surface area contributed by atoms with E-state index in [4.69, 9.17) is 4.74 Å². The maximum atomic E-state index is 14.3. The van der Waals surface area contributed by atoms with Crippen LogP contribution in [0.1, 0.15) is 74.3 Å². The van der Waals surface area contributed by atoms with Crippen molar-refractivity contribution in [2.75, 3.05) is 6.54 Å². The van der Waals surface area contributed by atoms with Crippen LogP contribution >= 0.6 is 27.3 Å². The van der Waals surface area contributed by atoms with E-state index in [1.54, 1.807) is 16.0 Å². The maximum absolute atomic E-state index is 14.3. The number of aryl methyl sites for hydroxylation is 3. The second kappa shape index (κ2) is 15.7. The summed E-state index contributed by atoms with van der Waals surface area (Å²) in [6.45, 7) is 11.9. The van der Waals surface area contributed by atoms with Crippen LogP contribution in [0.3, 0.4) is 0 Å². The zero-order valence-corrected chi connectivity index (χ0v) is 32.7. The van der Waals surface area contributed by atoms with Crippen LogP contribution in [-0.4, -0.2) is 60.5 Å². The lowest BCUT2D eigenvalue weighted by atomic mass is 9.85. The van der Waals surface area contributed by atoms with Crippen molar-refractivity contribution < 1.29 is 19.4 Å². The van der Waals surface area contributed by atoms with E-state index in [2.05, 4.69) is 36.5 Å². The molecule has 6 rings (SSSR count). The minimum absolute atomic E-state index is 0.0726. The number of amides is 2. The topological polar surface area (TPSA) is 122 Å². The van der Waals surface area contributed by atoms with Gasteiger partial charge in [0, 0.05) is 29.2 Å². The molecule has 0 saturated carbocycles. The molecule has 2 amide bonds. The Hall–Kier alpha value is -4.39. The predicted molar refractivity (Wildman–Crippen MR) is 206 cm³/mol.